The Hall–Kier alpha value is -3.60. The summed E-state index contributed by atoms with van der Waals surface area (Å²) in [5.74, 6) is 0.0419. The Balaban J connectivity index is 1.30. The van der Waals surface area contributed by atoms with Gasteiger partial charge >= 0.3 is 0 Å². The zero-order valence-electron chi connectivity index (χ0n) is 19.7. The number of para-hydroxylation sites is 1. The quantitative estimate of drug-likeness (QED) is 0.508. The molecule has 3 aromatic carbocycles. The van der Waals surface area contributed by atoms with Gasteiger partial charge in [0.2, 0.25) is 5.91 Å². The molecule has 0 radical (unpaired) electrons. The van der Waals surface area contributed by atoms with Crippen LogP contribution in [0.3, 0.4) is 0 Å². The van der Waals surface area contributed by atoms with Crippen molar-refractivity contribution in [3.63, 3.8) is 0 Å². The Labute approximate surface area is 202 Å². The Bertz CT molecular complexity index is 1080. The fraction of sp³-hybridized carbons (Fsp3) is 0.310. The van der Waals surface area contributed by atoms with Crippen molar-refractivity contribution in [1.29, 1.82) is 0 Å². The van der Waals surface area contributed by atoms with Crippen LogP contribution in [0, 0.1) is 0 Å². The van der Waals surface area contributed by atoms with E-state index in [9.17, 15) is 9.59 Å². The standard InChI is InChI=1S/C29H33N3O2/c1-22(24-12-6-3-7-13-24)30-29(34)26-14-8-9-15-27(26)32-20-18-25(19-21-32)31-28(33)17-16-23-10-4-2-5-11-23/h2-15,22,25H,16-21H2,1H3,(H,30,34)(H,31,33)/t22-/m0/s1. The summed E-state index contributed by atoms with van der Waals surface area (Å²) in [7, 11) is 0. The molecule has 1 atom stereocenters. The van der Waals surface area contributed by atoms with Crippen molar-refractivity contribution in [2.24, 2.45) is 0 Å². The van der Waals surface area contributed by atoms with E-state index in [-0.39, 0.29) is 23.9 Å². The topological polar surface area (TPSA) is 61.4 Å². The van der Waals surface area contributed by atoms with Crippen LogP contribution in [0.2, 0.25) is 0 Å². The average molecular weight is 456 g/mol. The van der Waals surface area contributed by atoms with Gasteiger partial charge in [-0.2, -0.15) is 0 Å². The molecule has 1 heterocycles. The largest absolute Gasteiger partial charge is 0.371 e. The van der Waals surface area contributed by atoms with Crippen LogP contribution in [0.1, 0.15) is 53.7 Å². The van der Waals surface area contributed by atoms with E-state index < -0.39 is 0 Å². The maximum absolute atomic E-state index is 13.1. The number of nitrogens with zero attached hydrogens (tertiary/aromatic N) is 1. The van der Waals surface area contributed by atoms with Crippen LogP contribution in [-0.2, 0) is 11.2 Å². The third-order valence-electron chi connectivity index (χ3n) is 6.48. The first-order valence-electron chi connectivity index (χ1n) is 12.1. The van der Waals surface area contributed by atoms with Crippen LogP contribution in [-0.4, -0.2) is 30.9 Å². The number of hydrogen-bond acceptors (Lipinski definition) is 3. The maximum Gasteiger partial charge on any atom is 0.253 e. The summed E-state index contributed by atoms with van der Waals surface area (Å²) in [6, 6.07) is 28.0. The smallest absolute Gasteiger partial charge is 0.253 e. The first kappa shape index (κ1) is 23.6. The highest BCUT2D eigenvalue weighted by Gasteiger charge is 2.24. The molecule has 5 heteroatoms. The molecule has 0 aliphatic carbocycles. The molecule has 1 fully saturated rings. The zero-order chi connectivity index (χ0) is 23.8. The first-order chi connectivity index (χ1) is 16.6. The van der Waals surface area contributed by atoms with Gasteiger partial charge < -0.3 is 15.5 Å². The van der Waals surface area contributed by atoms with Gasteiger partial charge in [-0.15, -0.1) is 0 Å². The van der Waals surface area contributed by atoms with Crippen LogP contribution in [0.4, 0.5) is 5.69 Å². The van der Waals surface area contributed by atoms with E-state index in [1.807, 2.05) is 79.7 Å². The predicted molar refractivity (Wildman–Crippen MR) is 137 cm³/mol. The summed E-state index contributed by atoms with van der Waals surface area (Å²) in [6.07, 6.45) is 3.00. The molecule has 0 bridgehead atoms. The highest BCUT2D eigenvalue weighted by molar-refractivity contribution is 6.00. The Morgan fingerprint density at radius 1 is 0.882 bits per heavy atom. The number of anilines is 1. The zero-order valence-corrected chi connectivity index (χ0v) is 19.7. The third kappa shape index (κ3) is 6.25. The molecule has 0 saturated carbocycles. The van der Waals surface area contributed by atoms with Gasteiger partial charge in [-0.3, -0.25) is 9.59 Å². The maximum atomic E-state index is 13.1. The lowest BCUT2D eigenvalue weighted by Gasteiger charge is -2.35. The van der Waals surface area contributed by atoms with Crippen molar-refractivity contribution in [2.45, 2.75) is 44.7 Å². The molecular weight excluding hydrogens is 422 g/mol. The van der Waals surface area contributed by atoms with Crippen molar-refractivity contribution in [1.82, 2.24) is 10.6 Å². The van der Waals surface area contributed by atoms with Gasteiger partial charge in [0.1, 0.15) is 0 Å². The molecule has 2 amide bonds. The number of benzene rings is 3. The molecule has 1 aliphatic rings. The summed E-state index contributed by atoms with van der Waals surface area (Å²) in [5, 5.41) is 6.33. The minimum Gasteiger partial charge on any atom is -0.371 e. The van der Waals surface area contributed by atoms with E-state index >= 15 is 0 Å². The van der Waals surface area contributed by atoms with Crippen molar-refractivity contribution < 1.29 is 9.59 Å². The highest BCUT2D eigenvalue weighted by atomic mass is 16.2. The summed E-state index contributed by atoms with van der Waals surface area (Å²) in [6.45, 7) is 3.62. The fourth-order valence-electron chi connectivity index (χ4n) is 4.51. The number of carbonyl (C=O) groups excluding carboxylic acids is 2. The van der Waals surface area contributed by atoms with Crippen molar-refractivity contribution in [2.75, 3.05) is 18.0 Å². The molecule has 0 aromatic heterocycles. The lowest BCUT2D eigenvalue weighted by atomic mass is 10.0. The number of nitrogens with one attached hydrogen (secondary N) is 2. The lowest BCUT2D eigenvalue weighted by molar-refractivity contribution is -0.121. The third-order valence-corrected chi connectivity index (χ3v) is 6.48. The number of hydrogen-bond donors (Lipinski definition) is 2. The number of piperidine rings is 1. The molecule has 5 nitrogen and oxygen atoms in total. The molecule has 3 aromatic rings. The second-order valence-electron chi connectivity index (χ2n) is 8.94. The van der Waals surface area contributed by atoms with E-state index in [1.165, 1.54) is 5.56 Å². The summed E-state index contributed by atoms with van der Waals surface area (Å²) in [4.78, 5) is 27.8. The van der Waals surface area contributed by atoms with Gasteiger partial charge in [0, 0.05) is 31.2 Å². The Morgan fingerprint density at radius 2 is 1.50 bits per heavy atom. The van der Waals surface area contributed by atoms with Gasteiger partial charge in [0.15, 0.2) is 0 Å². The molecule has 0 unspecified atom stereocenters. The Kier molecular flexibility index (Phi) is 7.97. The number of amides is 2. The molecule has 1 saturated heterocycles. The van der Waals surface area contributed by atoms with E-state index in [4.69, 9.17) is 0 Å². The van der Waals surface area contributed by atoms with Crippen LogP contribution >= 0.6 is 0 Å². The molecule has 176 valence electrons. The average Bonchev–Trinajstić information content (AvgIpc) is 2.89. The predicted octanol–water partition coefficient (Wildman–Crippen LogP) is 4.90. The van der Waals surface area contributed by atoms with Gasteiger partial charge in [-0.05, 0) is 49.4 Å². The van der Waals surface area contributed by atoms with Crippen LogP contribution in [0.5, 0.6) is 0 Å². The minimum absolute atomic E-state index is 0.0664. The number of carbonyl (C=O) groups is 2. The van der Waals surface area contributed by atoms with Gasteiger partial charge in [-0.25, -0.2) is 0 Å². The van der Waals surface area contributed by atoms with Gasteiger partial charge in [-0.1, -0.05) is 72.8 Å². The van der Waals surface area contributed by atoms with Crippen LogP contribution in [0.25, 0.3) is 0 Å². The molecule has 0 spiro atoms. The summed E-state index contributed by atoms with van der Waals surface area (Å²) in [5.41, 5.74) is 3.91. The molecule has 4 rings (SSSR count). The van der Waals surface area contributed by atoms with Gasteiger partial charge in [0.25, 0.3) is 5.91 Å². The Morgan fingerprint density at radius 3 is 2.21 bits per heavy atom. The van der Waals surface area contributed by atoms with Crippen LogP contribution < -0.4 is 15.5 Å². The molecule has 1 aliphatic heterocycles. The van der Waals surface area contributed by atoms with Crippen molar-refractivity contribution in [3.8, 4) is 0 Å². The summed E-state index contributed by atoms with van der Waals surface area (Å²) < 4.78 is 0. The van der Waals surface area contributed by atoms with Gasteiger partial charge in [0.05, 0.1) is 11.6 Å². The van der Waals surface area contributed by atoms with E-state index in [2.05, 4.69) is 27.7 Å². The highest BCUT2D eigenvalue weighted by Crippen LogP contribution is 2.25. The normalized spacial score (nSPS) is 14.9. The second kappa shape index (κ2) is 11.5. The number of rotatable bonds is 8. The van der Waals surface area contributed by atoms with E-state index in [0.717, 1.165) is 43.6 Å². The fourth-order valence-corrected chi connectivity index (χ4v) is 4.51. The summed E-state index contributed by atoms with van der Waals surface area (Å²) >= 11 is 0. The van der Waals surface area contributed by atoms with Crippen molar-refractivity contribution in [3.05, 3.63) is 102 Å². The molecule has 34 heavy (non-hydrogen) atoms. The minimum atomic E-state index is -0.0707. The number of aryl methyl sites for hydroxylation is 1. The van der Waals surface area contributed by atoms with E-state index in [0.29, 0.717) is 12.0 Å². The van der Waals surface area contributed by atoms with E-state index in [1.54, 1.807) is 0 Å². The molecular formula is C29H33N3O2. The SMILES string of the molecule is C[C@H](NC(=O)c1ccccc1N1CCC(NC(=O)CCc2ccccc2)CC1)c1ccccc1. The second-order valence-corrected chi connectivity index (χ2v) is 8.94. The van der Waals surface area contributed by atoms with Crippen molar-refractivity contribution >= 4 is 17.5 Å². The first-order valence-corrected chi connectivity index (χ1v) is 12.1. The lowest BCUT2D eigenvalue weighted by Crippen LogP contribution is -2.45. The van der Waals surface area contributed by atoms with Crippen LogP contribution in [0.15, 0.2) is 84.9 Å². The molecule has 2 N–H and O–H groups in total. The monoisotopic (exact) mass is 455 g/mol.